The minimum Gasteiger partial charge on any atom is -0.347 e. The number of ketones is 1. The first-order chi connectivity index (χ1) is 7.27. The van der Waals surface area contributed by atoms with Gasteiger partial charge in [0.25, 0.3) is 0 Å². The number of nitrogens with zero attached hydrogens (tertiary/aromatic N) is 2. The fourth-order valence-electron chi connectivity index (χ4n) is 1.51. The Kier molecular flexibility index (Phi) is 3.64. The molecule has 1 aliphatic heterocycles. The fraction of sp³-hybridized carbons (Fsp3) is 0.600. The van der Waals surface area contributed by atoms with Crippen LogP contribution in [0, 0.1) is 0 Å². The fourth-order valence-corrected chi connectivity index (χ4v) is 3.26. The first-order valence-electron chi connectivity index (χ1n) is 5.07. The van der Waals surface area contributed by atoms with Gasteiger partial charge in [0.2, 0.25) is 0 Å². The van der Waals surface area contributed by atoms with Gasteiger partial charge in [-0.2, -0.15) is 11.8 Å². The first-order valence-corrected chi connectivity index (χ1v) is 7.04. The van der Waals surface area contributed by atoms with Gasteiger partial charge < -0.3 is 4.90 Å². The number of anilines is 1. The summed E-state index contributed by atoms with van der Waals surface area (Å²) in [6, 6.07) is 0. The molecule has 1 aromatic rings. The third-order valence-electron chi connectivity index (χ3n) is 2.33. The number of carbonyl (C=O) groups excluding carboxylic acids is 1. The molecule has 0 radical (unpaired) electrons. The lowest BCUT2D eigenvalue weighted by molar-refractivity contribution is 0.102. The number of carbonyl (C=O) groups is 1. The highest BCUT2D eigenvalue weighted by atomic mass is 32.2. The number of aromatic nitrogens is 1. The number of Topliss-reactive ketones (excluding diaryl/α,β-unsaturated/α-hetero) is 1. The molecule has 82 valence electrons. The Balaban J connectivity index is 2.10. The molecule has 0 unspecified atom stereocenters. The topological polar surface area (TPSA) is 33.2 Å². The van der Waals surface area contributed by atoms with Crippen LogP contribution >= 0.6 is 23.1 Å². The van der Waals surface area contributed by atoms with E-state index in [0.29, 0.717) is 0 Å². The number of thioether (sulfide) groups is 1. The number of rotatable bonds is 2. The van der Waals surface area contributed by atoms with E-state index in [1.807, 2.05) is 11.8 Å². The van der Waals surface area contributed by atoms with Crippen LogP contribution in [-0.2, 0) is 0 Å². The van der Waals surface area contributed by atoms with Crippen molar-refractivity contribution in [2.75, 3.05) is 29.5 Å². The van der Waals surface area contributed by atoms with E-state index >= 15 is 0 Å². The highest BCUT2D eigenvalue weighted by Crippen LogP contribution is 2.24. The molecule has 0 amide bonds. The van der Waals surface area contributed by atoms with Crippen LogP contribution in [0.15, 0.2) is 6.20 Å². The smallest absolute Gasteiger partial charge is 0.185 e. The van der Waals surface area contributed by atoms with Gasteiger partial charge in [-0.25, -0.2) is 4.98 Å². The quantitative estimate of drug-likeness (QED) is 0.745. The van der Waals surface area contributed by atoms with E-state index in [1.54, 1.807) is 13.1 Å². The maximum Gasteiger partial charge on any atom is 0.185 e. The molecule has 1 aromatic heterocycles. The maximum absolute atomic E-state index is 11.2. The predicted molar refractivity (Wildman–Crippen MR) is 66.3 cm³/mol. The van der Waals surface area contributed by atoms with Gasteiger partial charge >= 0.3 is 0 Å². The van der Waals surface area contributed by atoms with E-state index in [-0.39, 0.29) is 5.78 Å². The average Bonchev–Trinajstić information content (AvgIpc) is 2.55. The lowest BCUT2D eigenvalue weighted by atomic mass is 10.4. The SMILES string of the molecule is CC(=O)c1cnc(N2CCCSCC2)s1. The van der Waals surface area contributed by atoms with Crippen molar-refractivity contribution in [3.05, 3.63) is 11.1 Å². The van der Waals surface area contributed by atoms with Crippen LogP contribution in [0.3, 0.4) is 0 Å². The molecule has 0 atom stereocenters. The lowest BCUT2D eigenvalue weighted by Gasteiger charge is -2.17. The molecule has 2 heterocycles. The molecule has 15 heavy (non-hydrogen) atoms. The normalized spacial score (nSPS) is 17.5. The van der Waals surface area contributed by atoms with E-state index in [9.17, 15) is 4.79 Å². The van der Waals surface area contributed by atoms with Gasteiger partial charge in [-0.15, -0.1) is 0 Å². The summed E-state index contributed by atoms with van der Waals surface area (Å²) in [6.45, 7) is 3.71. The summed E-state index contributed by atoms with van der Waals surface area (Å²) in [4.78, 5) is 18.5. The minimum atomic E-state index is 0.114. The second-order valence-corrected chi connectivity index (χ2v) is 5.75. The Bertz CT molecular complexity index is 343. The van der Waals surface area contributed by atoms with Crippen LogP contribution in [0.25, 0.3) is 0 Å². The Morgan fingerprint density at radius 3 is 3.07 bits per heavy atom. The van der Waals surface area contributed by atoms with Crippen molar-refractivity contribution in [2.45, 2.75) is 13.3 Å². The van der Waals surface area contributed by atoms with Gasteiger partial charge in [0, 0.05) is 25.8 Å². The molecule has 0 aromatic carbocycles. The van der Waals surface area contributed by atoms with Gasteiger partial charge in [0.1, 0.15) is 0 Å². The first kappa shape index (κ1) is 11.0. The van der Waals surface area contributed by atoms with Gasteiger partial charge in [0.15, 0.2) is 10.9 Å². The van der Waals surface area contributed by atoms with Gasteiger partial charge in [-0.05, 0) is 12.2 Å². The maximum atomic E-state index is 11.2. The molecule has 0 saturated carbocycles. The third-order valence-corrected chi connectivity index (χ3v) is 4.54. The molecule has 1 saturated heterocycles. The van der Waals surface area contributed by atoms with Crippen molar-refractivity contribution in [2.24, 2.45) is 0 Å². The van der Waals surface area contributed by atoms with Crippen LogP contribution < -0.4 is 4.90 Å². The summed E-state index contributed by atoms with van der Waals surface area (Å²) in [7, 11) is 0. The molecule has 2 rings (SSSR count). The summed E-state index contributed by atoms with van der Waals surface area (Å²) in [6.07, 6.45) is 2.90. The standard InChI is InChI=1S/C10H14N2OS2/c1-8(13)9-7-11-10(15-9)12-3-2-5-14-6-4-12/h7H,2-6H2,1H3. The third kappa shape index (κ3) is 2.72. The second kappa shape index (κ2) is 4.99. The van der Waals surface area contributed by atoms with Crippen molar-refractivity contribution in [1.29, 1.82) is 0 Å². The zero-order chi connectivity index (χ0) is 10.7. The van der Waals surface area contributed by atoms with Crippen molar-refractivity contribution in [1.82, 2.24) is 4.98 Å². The van der Waals surface area contributed by atoms with Crippen LogP contribution in [0.2, 0.25) is 0 Å². The van der Waals surface area contributed by atoms with Crippen molar-refractivity contribution in [3.8, 4) is 0 Å². The van der Waals surface area contributed by atoms with Crippen molar-refractivity contribution in [3.63, 3.8) is 0 Å². The number of hydrogen-bond donors (Lipinski definition) is 0. The van der Waals surface area contributed by atoms with E-state index < -0.39 is 0 Å². The Morgan fingerprint density at radius 1 is 1.47 bits per heavy atom. The number of thiazole rings is 1. The number of hydrogen-bond acceptors (Lipinski definition) is 5. The highest BCUT2D eigenvalue weighted by Gasteiger charge is 2.14. The zero-order valence-corrected chi connectivity index (χ0v) is 10.4. The largest absolute Gasteiger partial charge is 0.347 e. The second-order valence-electron chi connectivity index (χ2n) is 3.52. The van der Waals surface area contributed by atoms with Gasteiger partial charge in [-0.3, -0.25) is 4.79 Å². The van der Waals surface area contributed by atoms with Gasteiger partial charge in [0.05, 0.1) is 11.1 Å². The van der Waals surface area contributed by atoms with Crippen LogP contribution in [0.4, 0.5) is 5.13 Å². The summed E-state index contributed by atoms with van der Waals surface area (Å²) < 4.78 is 0. The van der Waals surface area contributed by atoms with E-state index in [0.717, 1.165) is 28.9 Å². The van der Waals surface area contributed by atoms with Gasteiger partial charge in [-0.1, -0.05) is 11.3 Å². The molecule has 1 aliphatic rings. The highest BCUT2D eigenvalue weighted by molar-refractivity contribution is 7.99. The molecule has 0 spiro atoms. The molecule has 3 nitrogen and oxygen atoms in total. The van der Waals surface area contributed by atoms with Crippen LogP contribution in [0.5, 0.6) is 0 Å². The Hall–Kier alpha value is -0.550. The monoisotopic (exact) mass is 242 g/mol. The predicted octanol–water partition coefficient (Wildman–Crippen LogP) is 2.29. The Labute approximate surface area is 97.9 Å². The van der Waals surface area contributed by atoms with E-state index in [4.69, 9.17) is 0 Å². The van der Waals surface area contributed by atoms with Crippen LogP contribution in [0.1, 0.15) is 23.0 Å². The summed E-state index contributed by atoms with van der Waals surface area (Å²) >= 11 is 3.51. The molecule has 1 fully saturated rings. The average molecular weight is 242 g/mol. The lowest BCUT2D eigenvalue weighted by Crippen LogP contribution is -2.25. The molecule has 0 aliphatic carbocycles. The zero-order valence-electron chi connectivity index (χ0n) is 8.73. The minimum absolute atomic E-state index is 0.114. The van der Waals surface area contributed by atoms with E-state index in [1.165, 1.54) is 23.5 Å². The van der Waals surface area contributed by atoms with Crippen molar-refractivity contribution >= 4 is 34.0 Å². The molecule has 5 heteroatoms. The summed E-state index contributed by atoms with van der Waals surface area (Å²) in [5, 5.41) is 1.00. The molecular formula is C10H14N2OS2. The van der Waals surface area contributed by atoms with Crippen LogP contribution in [-0.4, -0.2) is 35.4 Å². The Morgan fingerprint density at radius 2 is 2.33 bits per heavy atom. The molecule has 0 bridgehead atoms. The summed E-state index contributed by atoms with van der Waals surface area (Å²) in [5.41, 5.74) is 0. The van der Waals surface area contributed by atoms with E-state index in [2.05, 4.69) is 9.88 Å². The molecular weight excluding hydrogens is 228 g/mol. The van der Waals surface area contributed by atoms with Crippen molar-refractivity contribution < 1.29 is 4.79 Å². The molecule has 0 N–H and O–H groups in total. The summed E-state index contributed by atoms with van der Waals surface area (Å²) in [5.74, 6) is 2.51.